The number of nitrogens with zero attached hydrogens (tertiary/aromatic N) is 2. The van der Waals surface area contributed by atoms with Gasteiger partial charge in [0.25, 0.3) is 11.7 Å². The molecule has 0 saturated carbocycles. The van der Waals surface area contributed by atoms with Crippen molar-refractivity contribution in [2.75, 3.05) is 33.8 Å². The van der Waals surface area contributed by atoms with Crippen LogP contribution in [0, 0.1) is 0 Å². The number of hydrogen-bond acceptors (Lipinski definition) is 5. The molecule has 0 spiro atoms. The first-order valence-corrected chi connectivity index (χ1v) is 11.1. The maximum atomic E-state index is 13.1. The number of rotatable bonds is 8. The van der Waals surface area contributed by atoms with E-state index >= 15 is 0 Å². The zero-order valence-electron chi connectivity index (χ0n) is 18.3. The summed E-state index contributed by atoms with van der Waals surface area (Å²) in [6.45, 7) is 3.44. The standard InChI is InChI=1S/C24H26Cl2N2O4/c1-4-12-32-17-7-5-6-15(13-17)21-20(22(29)16-8-9-18(25)19(26)14-16)23(30)24(31)28(21)11-10-27(2)3/h5-9,13-14,21,29H,4,10-12H2,1-3H3/b22-20-. The Hall–Kier alpha value is -2.54. The van der Waals surface area contributed by atoms with E-state index in [1.165, 1.54) is 17.0 Å². The number of aliphatic hydroxyl groups is 1. The number of carbonyl (C=O) groups is 2. The normalized spacial score (nSPS) is 17.9. The Labute approximate surface area is 198 Å². The molecule has 1 aliphatic rings. The lowest BCUT2D eigenvalue weighted by molar-refractivity contribution is -0.140. The molecule has 2 aromatic carbocycles. The lowest BCUT2D eigenvalue weighted by Gasteiger charge is -2.27. The molecule has 170 valence electrons. The summed E-state index contributed by atoms with van der Waals surface area (Å²) >= 11 is 12.1. The second kappa shape index (κ2) is 10.4. The maximum absolute atomic E-state index is 13.1. The zero-order valence-corrected chi connectivity index (χ0v) is 19.8. The van der Waals surface area contributed by atoms with Gasteiger partial charge >= 0.3 is 0 Å². The van der Waals surface area contributed by atoms with E-state index in [-0.39, 0.29) is 16.4 Å². The van der Waals surface area contributed by atoms with Gasteiger partial charge in [0.05, 0.1) is 28.3 Å². The first-order valence-electron chi connectivity index (χ1n) is 10.4. The van der Waals surface area contributed by atoms with Crippen LogP contribution in [0.15, 0.2) is 48.0 Å². The van der Waals surface area contributed by atoms with Crippen molar-refractivity contribution in [3.05, 3.63) is 69.2 Å². The molecule has 2 aromatic rings. The smallest absolute Gasteiger partial charge is 0.295 e. The van der Waals surface area contributed by atoms with Gasteiger partial charge in [-0.15, -0.1) is 0 Å². The van der Waals surface area contributed by atoms with E-state index < -0.39 is 17.7 Å². The summed E-state index contributed by atoms with van der Waals surface area (Å²) < 4.78 is 5.74. The van der Waals surface area contributed by atoms with Crippen LogP contribution >= 0.6 is 23.2 Å². The molecule has 1 N–H and O–H groups in total. The van der Waals surface area contributed by atoms with Crippen LogP contribution in [0.2, 0.25) is 10.0 Å². The van der Waals surface area contributed by atoms with Crippen molar-refractivity contribution in [2.24, 2.45) is 0 Å². The predicted octanol–water partition coefficient (Wildman–Crippen LogP) is 4.77. The van der Waals surface area contributed by atoms with Crippen molar-refractivity contribution >= 4 is 40.7 Å². The van der Waals surface area contributed by atoms with E-state index in [4.69, 9.17) is 27.9 Å². The molecule has 0 bridgehead atoms. The van der Waals surface area contributed by atoms with Gasteiger partial charge in [0, 0.05) is 18.7 Å². The average molecular weight is 477 g/mol. The summed E-state index contributed by atoms with van der Waals surface area (Å²) in [7, 11) is 3.78. The molecule has 0 radical (unpaired) electrons. The molecule has 1 fully saturated rings. The number of halogens is 2. The molecule has 1 aliphatic heterocycles. The monoisotopic (exact) mass is 476 g/mol. The van der Waals surface area contributed by atoms with Crippen molar-refractivity contribution in [3.63, 3.8) is 0 Å². The second-order valence-electron chi connectivity index (χ2n) is 7.85. The van der Waals surface area contributed by atoms with Crippen LogP contribution in [-0.4, -0.2) is 60.4 Å². The first-order chi connectivity index (χ1) is 15.2. The highest BCUT2D eigenvalue weighted by molar-refractivity contribution is 6.46. The number of ether oxygens (including phenoxy) is 1. The van der Waals surface area contributed by atoms with Gasteiger partial charge in [-0.05, 0) is 56.4 Å². The third kappa shape index (κ3) is 5.09. The summed E-state index contributed by atoms with van der Waals surface area (Å²) in [5.41, 5.74) is 1.01. The van der Waals surface area contributed by atoms with Gasteiger partial charge in [0.1, 0.15) is 11.5 Å². The second-order valence-corrected chi connectivity index (χ2v) is 8.66. The van der Waals surface area contributed by atoms with Crippen molar-refractivity contribution in [1.29, 1.82) is 0 Å². The SMILES string of the molecule is CCCOc1cccc(C2/C(=C(/O)c3ccc(Cl)c(Cl)c3)C(=O)C(=O)N2CCN(C)C)c1. The highest BCUT2D eigenvalue weighted by Gasteiger charge is 2.46. The molecule has 1 atom stereocenters. The Balaban J connectivity index is 2.14. The lowest BCUT2D eigenvalue weighted by atomic mass is 9.95. The summed E-state index contributed by atoms with van der Waals surface area (Å²) in [6.07, 6.45) is 0.850. The Morgan fingerprint density at radius 3 is 2.53 bits per heavy atom. The molecule has 0 aliphatic carbocycles. The van der Waals surface area contributed by atoms with Gasteiger partial charge < -0.3 is 19.6 Å². The topological polar surface area (TPSA) is 70.1 Å². The number of Topliss-reactive ketones (excluding diaryl/α,β-unsaturated/α-hetero) is 1. The zero-order chi connectivity index (χ0) is 23.4. The van der Waals surface area contributed by atoms with Crippen molar-refractivity contribution < 1.29 is 19.4 Å². The number of aliphatic hydroxyl groups excluding tert-OH is 1. The fourth-order valence-corrected chi connectivity index (χ4v) is 3.86. The first kappa shape index (κ1) is 24.1. The van der Waals surface area contributed by atoms with Crippen LogP contribution in [0.4, 0.5) is 0 Å². The number of hydrogen-bond donors (Lipinski definition) is 1. The minimum atomic E-state index is -0.755. The number of likely N-dealkylation sites (tertiary alicyclic amines) is 1. The van der Waals surface area contributed by atoms with Crippen LogP contribution < -0.4 is 4.74 Å². The summed E-state index contributed by atoms with van der Waals surface area (Å²) in [5, 5.41) is 11.7. The molecule has 1 amide bonds. The molecule has 8 heteroatoms. The number of benzene rings is 2. The summed E-state index contributed by atoms with van der Waals surface area (Å²) in [6, 6.07) is 11.1. The largest absolute Gasteiger partial charge is 0.507 e. The van der Waals surface area contributed by atoms with Crippen LogP contribution in [0.1, 0.15) is 30.5 Å². The molecule has 6 nitrogen and oxygen atoms in total. The highest BCUT2D eigenvalue weighted by atomic mass is 35.5. The predicted molar refractivity (Wildman–Crippen MR) is 126 cm³/mol. The Morgan fingerprint density at radius 2 is 1.88 bits per heavy atom. The Morgan fingerprint density at radius 1 is 1.12 bits per heavy atom. The van der Waals surface area contributed by atoms with E-state index in [0.29, 0.717) is 41.6 Å². The molecule has 32 heavy (non-hydrogen) atoms. The molecular weight excluding hydrogens is 451 g/mol. The fourth-order valence-electron chi connectivity index (χ4n) is 3.56. The highest BCUT2D eigenvalue weighted by Crippen LogP contribution is 2.40. The number of likely N-dealkylation sites (N-methyl/N-ethyl adjacent to an activating group) is 1. The van der Waals surface area contributed by atoms with Crippen LogP contribution in [0.25, 0.3) is 5.76 Å². The van der Waals surface area contributed by atoms with Gasteiger partial charge in [-0.2, -0.15) is 0 Å². The van der Waals surface area contributed by atoms with E-state index in [1.807, 2.05) is 44.1 Å². The van der Waals surface area contributed by atoms with Crippen molar-refractivity contribution in [2.45, 2.75) is 19.4 Å². The fraction of sp³-hybridized carbons (Fsp3) is 0.333. The third-order valence-corrected chi connectivity index (χ3v) is 5.91. The van der Waals surface area contributed by atoms with Gasteiger partial charge in [0.15, 0.2) is 0 Å². The molecular formula is C24H26Cl2N2O4. The number of amides is 1. The number of carbonyl (C=O) groups excluding carboxylic acids is 2. The summed E-state index contributed by atoms with van der Waals surface area (Å²) in [5.74, 6) is -1.05. The lowest BCUT2D eigenvalue weighted by Crippen LogP contribution is -2.35. The average Bonchev–Trinajstić information content (AvgIpc) is 3.02. The van der Waals surface area contributed by atoms with Crippen LogP contribution in [0.3, 0.4) is 0 Å². The van der Waals surface area contributed by atoms with Crippen LogP contribution in [-0.2, 0) is 9.59 Å². The molecule has 1 unspecified atom stereocenters. The molecule has 3 rings (SSSR count). The van der Waals surface area contributed by atoms with E-state index in [9.17, 15) is 14.7 Å². The Bertz CT molecular complexity index is 1050. The quantitative estimate of drug-likeness (QED) is 0.337. The summed E-state index contributed by atoms with van der Waals surface area (Å²) in [4.78, 5) is 29.4. The van der Waals surface area contributed by atoms with E-state index in [1.54, 1.807) is 12.1 Å². The minimum absolute atomic E-state index is 0.0137. The minimum Gasteiger partial charge on any atom is -0.507 e. The van der Waals surface area contributed by atoms with Gasteiger partial charge in [-0.25, -0.2) is 0 Å². The van der Waals surface area contributed by atoms with Crippen molar-refractivity contribution in [3.8, 4) is 5.75 Å². The number of ketones is 1. The molecule has 1 saturated heterocycles. The van der Waals surface area contributed by atoms with Gasteiger partial charge in [-0.3, -0.25) is 9.59 Å². The molecule has 0 aromatic heterocycles. The van der Waals surface area contributed by atoms with E-state index in [2.05, 4.69) is 0 Å². The Kier molecular flexibility index (Phi) is 7.82. The maximum Gasteiger partial charge on any atom is 0.295 e. The van der Waals surface area contributed by atoms with Crippen LogP contribution in [0.5, 0.6) is 5.75 Å². The van der Waals surface area contributed by atoms with Crippen molar-refractivity contribution in [1.82, 2.24) is 9.80 Å². The van der Waals surface area contributed by atoms with E-state index in [0.717, 1.165) is 6.42 Å². The van der Waals surface area contributed by atoms with Gasteiger partial charge in [-0.1, -0.05) is 42.3 Å². The molecule has 1 heterocycles. The van der Waals surface area contributed by atoms with Gasteiger partial charge in [0.2, 0.25) is 0 Å². The third-order valence-electron chi connectivity index (χ3n) is 5.17.